The van der Waals surface area contributed by atoms with E-state index in [4.69, 9.17) is 11.6 Å². The van der Waals surface area contributed by atoms with Crippen LogP contribution in [-0.2, 0) is 0 Å². The molecule has 0 saturated carbocycles. The highest BCUT2D eigenvalue weighted by Crippen LogP contribution is 2.41. The van der Waals surface area contributed by atoms with Crippen molar-refractivity contribution < 1.29 is 0 Å². The van der Waals surface area contributed by atoms with Crippen LogP contribution in [0.4, 0.5) is 0 Å². The van der Waals surface area contributed by atoms with Crippen molar-refractivity contribution in [3.05, 3.63) is 108 Å². The molecule has 0 aliphatic carbocycles. The monoisotopic (exact) mass is 388 g/mol. The third kappa shape index (κ3) is 2.53. The zero-order chi connectivity index (χ0) is 19.4. The molecule has 0 nitrogen and oxygen atoms in total. The molecule has 0 aliphatic heterocycles. The molecule has 0 aliphatic rings. The second kappa shape index (κ2) is 6.34. The summed E-state index contributed by atoms with van der Waals surface area (Å²) in [6, 6.07) is 36.8. The predicted octanol–water partition coefficient (Wildman–Crippen LogP) is 8.62. The summed E-state index contributed by atoms with van der Waals surface area (Å²) in [5.41, 5.74) is 2.43. The molecule has 0 N–H and O–H groups in total. The lowest BCUT2D eigenvalue weighted by molar-refractivity contribution is 1.67. The van der Waals surface area contributed by atoms with Crippen molar-refractivity contribution in [2.45, 2.75) is 0 Å². The fourth-order valence-electron chi connectivity index (χ4n) is 4.55. The molecule has 0 spiro atoms. The number of halogens is 1. The molecule has 0 unspecified atom stereocenters. The Hall–Kier alpha value is -3.35. The minimum Gasteiger partial charge on any atom is -0.0843 e. The Morgan fingerprint density at radius 1 is 0.448 bits per heavy atom. The van der Waals surface area contributed by atoms with E-state index in [-0.39, 0.29) is 0 Å². The minimum absolute atomic E-state index is 0.760. The van der Waals surface area contributed by atoms with Gasteiger partial charge in [0.15, 0.2) is 0 Å². The molecule has 0 saturated heterocycles. The van der Waals surface area contributed by atoms with Crippen LogP contribution in [0.3, 0.4) is 0 Å². The molecule has 0 radical (unpaired) electrons. The summed E-state index contributed by atoms with van der Waals surface area (Å²) in [4.78, 5) is 0. The van der Waals surface area contributed by atoms with Crippen molar-refractivity contribution >= 4 is 54.7 Å². The van der Waals surface area contributed by atoms with Gasteiger partial charge in [-0.25, -0.2) is 0 Å². The molecule has 0 atom stereocenters. The molecule has 0 amide bonds. The Bertz CT molecular complexity index is 1540. The highest BCUT2D eigenvalue weighted by atomic mass is 35.5. The SMILES string of the molecule is Clc1ccc(-c2cc3ccc4ccccc4c3c3c2ccc2ccccc23)cc1. The molecule has 136 valence electrons. The van der Waals surface area contributed by atoms with Crippen molar-refractivity contribution in [3.63, 3.8) is 0 Å². The second-order valence-electron chi connectivity index (χ2n) is 7.53. The van der Waals surface area contributed by atoms with E-state index in [0.717, 1.165) is 5.02 Å². The summed E-state index contributed by atoms with van der Waals surface area (Å²) in [6.45, 7) is 0. The first-order valence-corrected chi connectivity index (χ1v) is 10.2. The van der Waals surface area contributed by atoms with Gasteiger partial charge in [-0.15, -0.1) is 0 Å². The van der Waals surface area contributed by atoms with Crippen LogP contribution >= 0.6 is 11.6 Å². The summed E-state index contributed by atoms with van der Waals surface area (Å²) in [6.07, 6.45) is 0. The van der Waals surface area contributed by atoms with E-state index >= 15 is 0 Å². The number of rotatable bonds is 1. The highest BCUT2D eigenvalue weighted by Gasteiger charge is 2.13. The Morgan fingerprint density at radius 3 is 1.76 bits per heavy atom. The Morgan fingerprint density at radius 2 is 1.03 bits per heavy atom. The molecule has 1 heteroatoms. The van der Waals surface area contributed by atoms with Crippen LogP contribution in [0.5, 0.6) is 0 Å². The smallest absolute Gasteiger partial charge is 0.0406 e. The van der Waals surface area contributed by atoms with Gasteiger partial charge in [0, 0.05) is 5.02 Å². The Kier molecular flexibility index (Phi) is 3.62. The lowest BCUT2D eigenvalue weighted by Crippen LogP contribution is -1.88. The number of hydrogen-bond donors (Lipinski definition) is 0. The molecule has 0 bridgehead atoms. The van der Waals surface area contributed by atoms with E-state index in [0.29, 0.717) is 0 Å². The summed E-state index contributed by atoms with van der Waals surface area (Å²) in [7, 11) is 0. The molecule has 0 heterocycles. The molecular formula is C28H17Cl. The van der Waals surface area contributed by atoms with Crippen LogP contribution < -0.4 is 0 Å². The highest BCUT2D eigenvalue weighted by molar-refractivity contribution is 6.31. The first kappa shape index (κ1) is 16.6. The second-order valence-corrected chi connectivity index (χ2v) is 7.96. The average molecular weight is 389 g/mol. The van der Waals surface area contributed by atoms with Crippen LogP contribution in [-0.4, -0.2) is 0 Å². The third-order valence-corrected chi connectivity index (χ3v) is 6.14. The van der Waals surface area contributed by atoms with Crippen LogP contribution in [0.2, 0.25) is 5.02 Å². The predicted molar refractivity (Wildman–Crippen MR) is 127 cm³/mol. The first-order chi connectivity index (χ1) is 14.3. The quantitative estimate of drug-likeness (QED) is 0.247. The van der Waals surface area contributed by atoms with E-state index in [9.17, 15) is 0 Å². The van der Waals surface area contributed by atoms with E-state index in [1.165, 1.54) is 54.2 Å². The molecule has 6 aromatic carbocycles. The van der Waals surface area contributed by atoms with Crippen molar-refractivity contribution in [3.8, 4) is 11.1 Å². The van der Waals surface area contributed by atoms with Crippen molar-refractivity contribution in [2.24, 2.45) is 0 Å². The van der Waals surface area contributed by atoms with Gasteiger partial charge in [-0.1, -0.05) is 96.5 Å². The summed E-state index contributed by atoms with van der Waals surface area (Å²) >= 11 is 6.16. The van der Waals surface area contributed by atoms with Crippen molar-refractivity contribution in [1.82, 2.24) is 0 Å². The molecule has 6 rings (SSSR count). The maximum absolute atomic E-state index is 6.16. The minimum atomic E-state index is 0.760. The number of fused-ring (bicyclic) bond motifs is 7. The Balaban J connectivity index is 1.90. The molecule has 0 aromatic heterocycles. The van der Waals surface area contributed by atoms with E-state index in [1.54, 1.807) is 0 Å². The standard InChI is InChI=1S/C28H17Cl/c29-22-14-11-20(12-15-22)26-17-21-10-9-18-5-1-3-7-23(18)27(21)28-24-8-4-2-6-19(24)13-16-25(26)28/h1-17H. The van der Waals surface area contributed by atoms with Gasteiger partial charge in [-0.2, -0.15) is 0 Å². The van der Waals surface area contributed by atoms with Gasteiger partial charge in [0.1, 0.15) is 0 Å². The van der Waals surface area contributed by atoms with Gasteiger partial charge in [-0.3, -0.25) is 0 Å². The molecule has 0 fully saturated rings. The van der Waals surface area contributed by atoms with E-state index in [2.05, 4.69) is 91.0 Å². The molecule has 29 heavy (non-hydrogen) atoms. The van der Waals surface area contributed by atoms with Gasteiger partial charge in [0.2, 0.25) is 0 Å². The summed E-state index contributed by atoms with van der Waals surface area (Å²) < 4.78 is 0. The lowest BCUT2D eigenvalue weighted by atomic mass is 9.88. The van der Waals surface area contributed by atoms with E-state index < -0.39 is 0 Å². The number of hydrogen-bond acceptors (Lipinski definition) is 0. The fourth-order valence-corrected chi connectivity index (χ4v) is 4.68. The first-order valence-electron chi connectivity index (χ1n) is 9.81. The van der Waals surface area contributed by atoms with Gasteiger partial charge in [0.05, 0.1) is 0 Å². The van der Waals surface area contributed by atoms with Crippen molar-refractivity contribution in [2.75, 3.05) is 0 Å². The zero-order valence-corrected chi connectivity index (χ0v) is 16.4. The Labute approximate surface area is 174 Å². The van der Waals surface area contributed by atoms with Crippen LogP contribution in [0.25, 0.3) is 54.2 Å². The van der Waals surface area contributed by atoms with Crippen LogP contribution in [0, 0.1) is 0 Å². The van der Waals surface area contributed by atoms with E-state index in [1.807, 2.05) is 12.1 Å². The normalized spacial score (nSPS) is 11.6. The maximum Gasteiger partial charge on any atom is 0.0406 e. The van der Waals surface area contributed by atoms with Gasteiger partial charge >= 0.3 is 0 Å². The zero-order valence-electron chi connectivity index (χ0n) is 15.7. The third-order valence-electron chi connectivity index (χ3n) is 5.89. The molecule has 6 aromatic rings. The summed E-state index contributed by atoms with van der Waals surface area (Å²) in [5, 5.41) is 11.1. The largest absolute Gasteiger partial charge is 0.0843 e. The van der Waals surface area contributed by atoms with Crippen LogP contribution in [0.15, 0.2) is 103 Å². The topological polar surface area (TPSA) is 0 Å². The van der Waals surface area contributed by atoms with Crippen molar-refractivity contribution in [1.29, 1.82) is 0 Å². The molecular weight excluding hydrogens is 372 g/mol. The van der Waals surface area contributed by atoms with Gasteiger partial charge in [0.25, 0.3) is 0 Å². The number of benzene rings is 6. The van der Waals surface area contributed by atoms with Crippen LogP contribution in [0.1, 0.15) is 0 Å². The average Bonchev–Trinajstić information content (AvgIpc) is 2.78. The summed E-state index contributed by atoms with van der Waals surface area (Å²) in [5.74, 6) is 0. The fraction of sp³-hybridized carbons (Fsp3) is 0. The lowest BCUT2D eigenvalue weighted by Gasteiger charge is -2.15. The van der Waals surface area contributed by atoms with Gasteiger partial charge in [-0.05, 0) is 72.4 Å². The van der Waals surface area contributed by atoms with Gasteiger partial charge < -0.3 is 0 Å². The maximum atomic E-state index is 6.16.